The highest BCUT2D eigenvalue weighted by molar-refractivity contribution is 5.64. The first-order chi connectivity index (χ1) is 12.2. The van der Waals surface area contributed by atoms with Gasteiger partial charge in [-0.05, 0) is 36.8 Å². The van der Waals surface area contributed by atoms with Crippen LogP contribution in [0.5, 0.6) is 0 Å². The summed E-state index contributed by atoms with van der Waals surface area (Å²) >= 11 is 0. The highest BCUT2D eigenvalue weighted by Crippen LogP contribution is 2.30. The molecule has 128 valence electrons. The van der Waals surface area contributed by atoms with E-state index in [1.54, 1.807) is 0 Å². The van der Waals surface area contributed by atoms with Crippen LogP contribution in [-0.2, 0) is 26.1 Å². The van der Waals surface area contributed by atoms with E-state index in [0.29, 0.717) is 0 Å². The highest BCUT2D eigenvalue weighted by Gasteiger charge is 2.25. The van der Waals surface area contributed by atoms with Crippen LogP contribution in [0, 0.1) is 5.82 Å². The Bertz CT molecular complexity index is 853. The van der Waals surface area contributed by atoms with Gasteiger partial charge in [0.05, 0.1) is 5.69 Å². The fourth-order valence-electron chi connectivity index (χ4n) is 3.62. The maximum Gasteiger partial charge on any atom is 0.123 e. The molecule has 2 aromatic carbocycles. The number of hydrogen-bond acceptors (Lipinski definition) is 2. The normalized spacial score (nSPS) is 14.5. The van der Waals surface area contributed by atoms with Crippen molar-refractivity contribution >= 4 is 0 Å². The molecule has 0 N–H and O–H groups in total. The molecule has 25 heavy (non-hydrogen) atoms. The lowest BCUT2D eigenvalue weighted by Gasteiger charge is -2.27. The molecule has 0 fully saturated rings. The van der Waals surface area contributed by atoms with Crippen molar-refractivity contribution in [3.05, 3.63) is 77.2 Å². The summed E-state index contributed by atoms with van der Waals surface area (Å²) in [5, 5.41) is 4.82. The lowest BCUT2D eigenvalue weighted by atomic mass is 10.0. The van der Waals surface area contributed by atoms with Gasteiger partial charge < -0.3 is 0 Å². The molecule has 3 nitrogen and oxygen atoms in total. The number of aromatic nitrogens is 2. The van der Waals surface area contributed by atoms with Crippen LogP contribution in [0.15, 0.2) is 54.6 Å². The molecule has 0 saturated carbocycles. The van der Waals surface area contributed by atoms with Gasteiger partial charge in [0.15, 0.2) is 0 Å². The van der Waals surface area contributed by atoms with Gasteiger partial charge in [-0.1, -0.05) is 30.3 Å². The number of aryl methyl sites for hydroxylation is 1. The second kappa shape index (κ2) is 6.81. The van der Waals surface area contributed by atoms with E-state index in [-0.39, 0.29) is 5.82 Å². The maximum atomic E-state index is 13.3. The van der Waals surface area contributed by atoms with Crippen LogP contribution in [0.3, 0.4) is 0 Å². The Morgan fingerprint density at radius 1 is 1.04 bits per heavy atom. The van der Waals surface area contributed by atoms with Crippen LogP contribution in [0.25, 0.3) is 11.3 Å². The largest absolute Gasteiger partial charge is 0.294 e. The Balaban J connectivity index is 1.65. The molecule has 1 aliphatic rings. The first kappa shape index (κ1) is 16.0. The molecule has 0 unspecified atom stereocenters. The molecule has 0 radical (unpaired) electrons. The molecule has 0 spiro atoms. The summed E-state index contributed by atoms with van der Waals surface area (Å²) in [5.41, 5.74) is 5.93. The van der Waals surface area contributed by atoms with Crippen LogP contribution in [0.4, 0.5) is 4.39 Å². The summed E-state index contributed by atoms with van der Waals surface area (Å²) in [6.45, 7) is 5.86. The number of rotatable bonds is 4. The average molecular weight is 335 g/mol. The summed E-state index contributed by atoms with van der Waals surface area (Å²) in [6, 6.07) is 17.2. The van der Waals surface area contributed by atoms with E-state index in [2.05, 4.69) is 46.8 Å². The minimum atomic E-state index is -0.210. The lowest BCUT2D eigenvalue weighted by molar-refractivity contribution is 0.242. The van der Waals surface area contributed by atoms with E-state index in [0.717, 1.165) is 43.9 Å². The Morgan fingerprint density at radius 2 is 1.80 bits per heavy atom. The summed E-state index contributed by atoms with van der Waals surface area (Å²) in [4.78, 5) is 2.46. The van der Waals surface area contributed by atoms with Gasteiger partial charge in [0.25, 0.3) is 0 Å². The van der Waals surface area contributed by atoms with E-state index in [4.69, 9.17) is 5.10 Å². The summed E-state index contributed by atoms with van der Waals surface area (Å²) in [7, 11) is 0. The number of hydrogen-bond donors (Lipinski definition) is 0. The summed E-state index contributed by atoms with van der Waals surface area (Å²) in [5.74, 6) is -0.210. The van der Waals surface area contributed by atoms with Crippen LogP contribution < -0.4 is 0 Å². The van der Waals surface area contributed by atoms with Crippen molar-refractivity contribution in [2.24, 2.45) is 0 Å². The SMILES string of the molecule is CCn1nc(-c2ccc(F)cc2)c2c1CCN(Cc1ccccc1)C2. The van der Waals surface area contributed by atoms with Crippen LogP contribution in [0.2, 0.25) is 0 Å². The monoisotopic (exact) mass is 335 g/mol. The molecule has 0 aliphatic carbocycles. The Morgan fingerprint density at radius 3 is 2.52 bits per heavy atom. The highest BCUT2D eigenvalue weighted by atomic mass is 19.1. The molecule has 0 atom stereocenters. The van der Waals surface area contributed by atoms with Gasteiger partial charge >= 0.3 is 0 Å². The standard InChI is InChI=1S/C21H22FN3/c1-2-25-20-12-13-24(14-16-6-4-3-5-7-16)15-19(20)21(23-25)17-8-10-18(22)11-9-17/h3-11H,2,12-15H2,1H3. The number of benzene rings is 2. The van der Waals surface area contributed by atoms with Crippen LogP contribution in [-0.4, -0.2) is 21.2 Å². The minimum absolute atomic E-state index is 0.210. The van der Waals surface area contributed by atoms with Gasteiger partial charge in [0, 0.05) is 49.4 Å². The van der Waals surface area contributed by atoms with Crippen molar-refractivity contribution in [2.75, 3.05) is 6.54 Å². The fourth-order valence-corrected chi connectivity index (χ4v) is 3.62. The predicted octanol–water partition coefficient (Wildman–Crippen LogP) is 4.27. The third-order valence-electron chi connectivity index (χ3n) is 4.88. The van der Waals surface area contributed by atoms with Crippen molar-refractivity contribution in [3.8, 4) is 11.3 Å². The van der Waals surface area contributed by atoms with Gasteiger partial charge in [-0.25, -0.2) is 4.39 Å². The van der Waals surface area contributed by atoms with E-state index < -0.39 is 0 Å². The van der Waals surface area contributed by atoms with Crippen molar-refractivity contribution in [3.63, 3.8) is 0 Å². The Labute approximate surface area is 147 Å². The minimum Gasteiger partial charge on any atom is -0.294 e. The van der Waals surface area contributed by atoms with Crippen molar-refractivity contribution in [1.82, 2.24) is 14.7 Å². The molecular formula is C21H22FN3. The number of halogens is 1. The molecular weight excluding hydrogens is 313 g/mol. The maximum absolute atomic E-state index is 13.3. The van der Waals surface area contributed by atoms with Gasteiger partial charge in [-0.2, -0.15) is 5.10 Å². The molecule has 4 heteroatoms. The van der Waals surface area contributed by atoms with Crippen LogP contribution in [0.1, 0.15) is 23.7 Å². The predicted molar refractivity (Wildman–Crippen MR) is 97.6 cm³/mol. The second-order valence-electron chi connectivity index (χ2n) is 6.54. The molecule has 1 aliphatic heterocycles. The quantitative estimate of drug-likeness (QED) is 0.710. The van der Waals surface area contributed by atoms with Gasteiger partial charge in [0.1, 0.15) is 5.82 Å². The first-order valence-corrected chi connectivity index (χ1v) is 8.85. The molecule has 1 aromatic heterocycles. The average Bonchev–Trinajstić information content (AvgIpc) is 3.01. The summed E-state index contributed by atoms with van der Waals surface area (Å²) < 4.78 is 15.4. The third-order valence-corrected chi connectivity index (χ3v) is 4.88. The van der Waals surface area contributed by atoms with Gasteiger partial charge in [0.2, 0.25) is 0 Å². The molecule has 0 amide bonds. The Hall–Kier alpha value is -2.46. The smallest absolute Gasteiger partial charge is 0.123 e. The number of fused-ring (bicyclic) bond motifs is 1. The van der Waals surface area contributed by atoms with E-state index in [1.165, 1.54) is 29.0 Å². The zero-order valence-electron chi connectivity index (χ0n) is 14.5. The zero-order chi connectivity index (χ0) is 17.2. The summed E-state index contributed by atoms with van der Waals surface area (Å²) in [6.07, 6.45) is 1.00. The molecule has 2 heterocycles. The van der Waals surface area contributed by atoms with Gasteiger partial charge in [-0.3, -0.25) is 9.58 Å². The van der Waals surface area contributed by atoms with E-state index >= 15 is 0 Å². The Kier molecular flexibility index (Phi) is 4.36. The van der Waals surface area contributed by atoms with Gasteiger partial charge in [-0.15, -0.1) is 0 Å². The van der Waals surface area contributed by atoms with Crippen molar-refractivity contribution in [2.45, 2.75) is 33.0 Å². The second-order valence-corrected chi connectivity index (χ2v) is 6.54. The first-order valence-electron chi connectivity index (χ1n) is 8.85. The van der Waals surface area contributed by atoms with E-state index in [9.17, 15) is 4.39 Å². The molecule has 0 bridgehead atoms. The molecule has 3 aromatic rings. The molecule has 0 saturated heterocycles. The van der Waals surface area contributed by atoms with Crippen LogP contribution >= 0.6 is 0 Å². The topological polar surface area (TPSA) is 21.1 Å². The van der Waals surface area contributed by atoms with Crippen molar-refractivity contribution in [1.29, 1.82) is 0 Å². The third kappa shape index (κ3) is 3.22. The fraction of sp³-hybridized carbons (Fsp3) is 0.286. The molecule has 4 rings (SSSR count). The lowest BCUT2D eigenvalue weighted by Crippen LogP contribution is -2.30. The zero-order valence-corrected chi connectivity index (χ0v) is 14.5. The number of nitrogens with zero attached hydrogens (tertiary/aromatic N) is 3. The van der Waals surface area contributed by atoms with Crippen molar-refractivity contribution < 1.29 is 4.39 Å². The van der Waals surface area contributed by atoms with E-state index in [1.807, 2.05) is 12.1 Å².